The quantitative estimate of drug-likeness (QED) is 0.924. The molecule has 1 aromatic carbocycles. The number of aromatic nitrogens is 1. The van der Waals surface area contributed by atoms with Gasteiger partial charge in [-0.05, 0) is 44.4 Å². The van der Waals surface area contributed by atoms with E-state index in [1.165, 1.54) is 24.2 Å². The molecular formula is C18H23N3OS. The lowest BCUT2D eigenvalue weighted by Crippen LogP contribution is -2.33. The highest BCUT2D eigenvalue weighted by atomic mass is 32.1. The summed E-state index contributed by atoms with van der Waals surface area (Å²) in [6.07, 6.45) is 2.59. The van der Waals surface area contributed by atoms with Crippen LogP contribution in [0.15, 0.2) is 29.6 Å². The SMILES string of the molecule is Cc1cccc(C(=O)Nc2nc(CN3CCC[C@@H](C)C3)cs2)c1. The maximum Gasteiger partial charge on any atom is 0.257 e. The van der Waals surface area contributed by atoms with Crippen LogP contribution in [0.3, 0.4) is 0 Å². The second-order valence-corrected chi connectivity index (χ2v) is 7.31. The number of thiazole rings is 1. The molecule has 1 atom stereocenters. The number of hydrogen-bond acceptors (Lipinski definition) is 4. The van der Waals surface area contributed by atoms with Crippen LogP contribution in [0.2, 0.25) is 0 Å². The number of rotatable bonds is 4. The van der Waals surface area contributed by atoms with Crippen molar-refractivity contribution in [2.45, 2.75) is 33.2 Å². The zero-order valence-corrected chi connectivity index (χ0v) is 14.5. The fourth-order valence-corrected chi connectivity index (χ4v) is 3.75. The smallest absolute Gasteiger partial charge is 0.257 e. The third kappa shape index (κ3) is 4.39. The molecule has 1 aliphatic rings. The predicted molar refractivity (Wildman–Crippen MR) is 94.9 cm³/mol. The molecule has 1 fully saturated rings. The number of nitrogens with one attached hydrogen (secondary N) is 1. The molecule has 1 amide bonds. The Labute approximate surface area is 141 Å². The minimum absolute atomic E-state index is 0.0961. The Morgan fingerprint density at radius 1 is 1.48 bits per heavy atom. The van der Waals surface area contributed by atoms with Gasteiger partial charge in [0.1, 0.15) is 0 Å². The number of hydrogen-bond donors (Lipinski definition) is 1. The van der Waals surface area contributed by atoms with Crippen LogP contribution in [-0.4, -0.2) is 28.9 Å². The van der Waals surface area contributed by atoms with Gasteiger partial charge in [0.25, 0.3) is 5.91 Å². The molecule has 1 aromatic heterocycles. The van der Waals surface area contributed by atoms with E-state index in [0.717, 1.165) is 36.8 Å². The van der Waals surface area contributed by atoms with Crippen LogP contribution in [0, 0.1) is 12.8 Å². The lowest BCUT2D eigenvalue weighted by molar-refractivity contribution is 0.102. The van der Waals surface area contributed by atoms with Crippen molar-refractivity contribution in [3.63, 3.8) is 0 Å². The van der Waals surface area contributed by atoms with Crippen LogP contribution in [0.1, 0.15) is 41.4 Å². The van der Waals surface area contributed by atoms with E-state index in [1.54, 1.807) is 0 Å². The molecule has 5 heteroatoms. The predicted octanol–water partition coefficient (Wildman–Crippen LogP) is 3.94. The van der Waals surface area contributed by atoms with Gasteiger partial charge < -0.3 is 0 Å². The fourth-order valence-electron chi connectivity index (χ4n) is 3.05. The molecule has 0 bridgehead atoms. The molecule has 122 valence electrons. The normalized spacial score (nSPS) is 18.8. The van der Waals surface area contributed by atoms with Crippen LogP contribution in [-0.2, 0) is 6.54 Å². The molecule has 1 aliphatic heterocycles. The fraction of sp³-hybridized carbons (Fsp3) is 0.444. The van der Waals surface area contributed by atoms with Crippen molar-refractivity contribution < 1.29 is 4.79 Å². The highest BCUT2D eigenvalue weighted by Crippen LogP contribution is 2.21. The summed E-state index contributed by atoms with van der Waals surface area (Å²) in [5.41, 5.74) is 2.80. The zero-order chi connectivity index (χ0) is 16.2. The van der Waals surface area contributed by atoms with Gasteiger partial charge in [0, 0.05) is 24.0 Å². The number of anilines is 1. The monoisotopic (exact) mass is 329 g/mol. The van der Waals surface area contributed by atoms with Crippen molar-refractivity contribution >= 4 is 22.4 Å². The lowest BCUT2D eigenvalue weighted by atomic mass is 10.0. The van der Waals surface area contributed by atoms with E-state index in [9.17, 15) is 4.79 Å². The van der Waals surface area contributed by atoms with E-state index < -0.39 is 0 Å². The van der Waals surface area contributed by atoms with Crippen LogP contribution in [0.4, 0.5) is 5.13 Å². The standard InChI is InChI=1S/C18H23N3OS/c1-13-5-3-7-15(9-13)17(22)20-18-19-16(12-23-18)11-21-8-4-6-14(2)10-21/h3,5,7,9,12,14H,4,6,8,10-11H2,1-2H3,(H,19,20,22)/t14-/m1/s1. The van der Waals surface area contributed by atoms with Gasteiger partial charge >= 0.3 is 0 Å². The van der Waals surface area contributed by atoms with E-state index in [-0.39, 0.29) is 5.91 Å². The molecule has 2 heterocycles. The molecule has 23 heavy (non-hydrogen) atoms. The topological polar surface area (TPSA) is 45.2 Å². The van der Waals surface area contributed by atoms with Crippen molar-refractivity contribution in [2.24, 2.45) is 5.92 Å². The highest BCUT2D eigenvalue weighted by Gasteiger charge is 2.17. The van der Waals surface area contributed by atoms with E-state index in [4.69, 9.17) is 0 Å². The Kier molecular flexibility index (Phi) is 5.08. The Morgan fingerprint density at radius 3 is 3.13 bits per heavy atom. The number of amides is 1. The average molecular weight is 329 g/mol. The number of nitrogens with zero attached hydrogens (tertiary/aromatic N) is 2. The van der Waals surface area contributed by atoms with Crippen LogP contribution in [0.5, 0.6) is 0 Å². The maximum absolute atomic E-state index is 12.3. The minimum Gasteiger partial charge on any atom is -0.298 e. The van der Waals surface area contributed by atoms with Crippen LogP contribution >= 0.6 is 11.3 Å². The van der Waals surface area contributed by atoms with Gasteiger partial charge in [-0.15, -0.1) is 11.3 Å². The van der Waals surface area contributed by atoms with Crippen molar-refractivity contribution in [3.05, 3.63) is 46.5 Å². The zero-order valence-electron chi connectivity index (χ0n) is 13.7. The van der Waals surface area contributed by atoms with E-state index in [0.29, 0.717) is 10.7 Å². The summed E-state index contributed by atoms with van der Waals surface area (Å²) in [6, 6.07) is 7.60. The van der Waals surface area contributed by atoms with Gasteiger partial charge in [-0.1, -0.05) is 24.6 Å². The summed E-state index contributed by atoms with van der Waals surface area (Å²) in [4.78, 5) is 19.3. The van der Waals surface area contributed by atoms with Crippen LogP contribution < -0.4 is 5.32 Å². The molecule has 3 rings (SSSR count). The number of benzene rings is 1. The molecule has 4 nitrogen and oxygen atoms in total. The van der Waals surface area contributed by atoms with Gasteiger partial charge in [-0.25, -0.2) is 4.98 Å². The van der Waals surface area contributed by atoms with Crippen LogP contribution in [0.25, 0.3) is 0 Å². The Balaban J connectivity index is 1.59. The molecular weight excluding hydrogens is 306 g/mol. The third-order valence-electron chi connectivity index (χ3n) is 4.18. The van der Waals surface area contributed by atoms with E-state index >= 15 is 0 Å². The third-order valence-corrected chi connectivity index (χ3v) is 4.99. The Hall–Kier alpha value is -1.72. The molecule has 0 aliphatic carbocycles. The van der Waals surface area contributed by atoms with Gasteiger partial charge in [-0.2, -0.15) is 0 Å². The summed E-state index contributed by atoms with van der Waals surface area (Å²) < 4.78 is 0. The largest absolute Gasteiger partial charge is 0.298 e. The van der Waals surface area contributed by atoms with Gasteiger partial charge in [0.2, 0.25) is 0 Å². The summed E-state index contributed by atoms with van der Waals surface area (Å²) in [6.45, 7) is 7.45. The minimum atomic E-state index is -0.0961. The van der Waals surface area contributed by atoms with Crippen molar-refractivity contribution in [1.29, 1.82) is 0 Å². The van der Waals surface area contributed by atoms with Crippen molar-refractivity contribution in [3.8, 4) is 0 Å². The second kappa shape index (κ2) is 7.23. The van der Waals surface area contributed by atoms with Gasteiger partial charge in [0.15, 0.2) is 5.13 Å². The van der Waals surface area contributed by atoms with Gasteiger partial charge in [-0.3, -0.25) is 15.0 Å². The Bertz CT molecular complexity index is 682. The molecule has 0 spiro atoms. The number of aryl methyl sites for hydroxylation is 1. The first kappa shape index (κ1) is 16.1. The summed E-state index contributed by atoms with van der Waals surface area (Å²) in [5.74, 6) is 0.670. The first-order valence-corrected chi connectivity index (χ1v) is 9.03. The molecule has 1 N–H and O–H groups in total. The summed E-state index contributed by atoms with van der Waals surface area (Å²) in [5, 5.41) is 5.63. The molecule has 1 saturated heterocycles. The Morgan fingerprint density at radius 2 is 2.35 bits per heavy atom. The molecule has 2 aromatic rings. The average Bonchev–Trinajstić information content (AvgIpc) is 2.94. The summed E-state index contributed by atoms with van der Waals surface area (Å²) in [7, 11) is 0. The molecule has 0 radical (unpaired) electrons. The van der Waals surface area contributed by atoms with Gasteiger partial charge in [0.05, 0.1) is 5.69 Å². The van der Waals surface area contributed by atoms with Crippen molar-refractivity contribution in [2.75, 3.05) is 18.4 Å². The lowest BCUT2D eigenvalue weighted by Gasteiger charge is -2.30. The van der Waals surface area contributed by atoms with E-state index in [1.807, 2.05) is 36.6 Å². The second-order valence-electron chi connectivity index (χ2n) is 6.45. The maximum atomic E-state index is 12.3. The first-order chi connectivity index (χ1) is 11.1. The first-order valence-electron chi connectivity index (χ1n) is 8.15. The number of piperidine rings is 1. The van der Waals surface area contributed by atoms with Crippen molar-refractivity contribution in [1.82, 2.24) is 9.88 Å². The number of likely N-dealkylation sites (tertiary alicyclic amines) is 1. The van der Waals surface area contributed by atoms with E-state index in [2.05, 4.69) is 22.1 Å². The molecule has 0 unspecified atom stereocenters. The summed E-state index contributed by atoms with van der Waals surface area (Å²) >= 11 is 1.50. The number of carbonyl (C=O) groups excluding carboxylic acids is 1. The molecule has 0 saturated carbocycles. The highest BCUT2D eigenvalue weighted by molar-refractivity contribution is 7.13. The number of carbonyl (C=O) groups is 1.